The van der Waals surface area contributed by atoms with E-state index in [2.05, 4.69) is 107 Å². The fraction of sp³-hybridized carbons (Fsp3) is 1.00. The van der Waals surface area contributed by atoms with Crippen LogP contribution < -0.4 is 0 Å². The maximum atomic E-state index is 7.09. The summed E-state index contributed by atoms with van der Waals surface area (Å²) in [6, 6.07) is 0. The van der Waals surface area contributed by atoms with E-state index in [1.165, 1.54) is 0 Å². The van der Waals surface area contributed by atoms with Gasteiger partial charge in [-0.1, -0.05) is 40.4 Å². The van der Waals surface area contributed by atoms with Gasteiger partial charge in [0, 0.05) is 16.4 Å². The summed E-state index contributed by atoms with van der Waals surface area (Å²) in [5, 5.41) is -0.132. The van der Waals surface area contributed by atoms with E-state index in [1.54, 1.807) is 0 Å². The Morgan fingerprint density at radius 2 is 1.24 bits per heavy atom. The Labute approximate surface area is 188 Å². The van der Waals surface area contributed by atoms with Crippen LogP contribution in [0.1, 0.15) is 61.3 Å². The zero-order chi connectivity index (χ0) is 23.7. The first kappa shape index (κ1) is 29.7. The average molecular weight is 479 g/mol. The Balaban J connectivity index is 5.80. The highest BCUT2D eigenvalue weighted by molar-refractivity contribution is 6.81. The summed E-state index contributed by atoms with van der Waals surface area (Å²) in [6.45, 7) is 37.4. The van der Waals surface area contributed by atoms with Crippen molar-refractivity contribution in [2.24, 2.45) is 0 Å². The van der Waals surface area contributed by atoms with Crippen molar-refractivity contribution >= 4 is 33.7 Å². The van der Waals surface area contributed by atoms with Gasteiger partial charge in [-0.3, -0.25) is 0 Å². The molecule has 0 aromatic rings. The van der Waals surface area contributed by atoms with Crippen LogP contribution in [0.2, 0.25) is 64.0 Å². The highest BCUT2D eigenvalue weighted by Crippen LogP contribution is 2.50. The molecular weight excluding hydrogens is 425 g/mol. The van der Waals surface area contributed by atoms with E-state index in [0.717, 1.165) is 12.8 Å². The topological polar surface area (TPSA) is 27.7 Å². The first-order valence-electron chi connectivity index (χ1n) is 11.6. The Hall–Kier alpha value is 0.748. The molecule has 0 aliphatic carbocycles. The van der Waals surface area contributed by atoms with Gasteiger partial charge in [-0.05, 0) is 79.8 Å². The lowest BCUT2D eigenvalue weighted by Crippen LogP contribution is -2.61. The van der Waals surface area contributed by atoms with Gasteiger partial charge < -0.3 is 13.3 Å². The second kappa shape index (κ2) is 9.71. The molecule has 0 saturated heterocycles. The minimum Gasteiger partial charge on any atom is -0.415 e. The van der Waals surface area contributed by atoms with Crippen molar-refractivity contribution in [3.05, 3.63) is 0 Å². The number of hydrogen-bond donors (Lipinski definition) is 0. The zero-order valence-electron chi connectivity index (χ0n) is 22.8. The van der Waals surface area contributed by atoms with E-state index < -0.39 is 33.7 Å². The predicted octanol–water partition coefficient (Wildman–Crippen LogP) is 7.35. The van der Waals surface area contributed by atoms with Crippen molar-refractivity contribution in [3.63, 3.8) is 0 Å². The van der Waals surface area contributed by atoms with Crippen LogP contribution >= 0.6 is 0 Å². The van der Waals surface area contributed by atoms with Crippen molar-refractivity contribution in [2.45, 2.75) is 142 Å². The van der Waals surface area contributed by atoms with Gasteiger partial charge in [-0.25, -0.2) is 0 Å². The summed E-state index contributed by atoms with van der Waals surface area (Å²) in [4.78, 5) is 0. The lowest BCUT2D eigenvalue weighted by atomic mass is 9.98. The van der Waals surface area contributed by atoms with Crippen LogP contribution in [0.3, 0.4) is 0 Å². The molecule has 0 aromatic carbocycles. The van der Waals surface area contributed by atoms with Crippen LogP contribution in [0.5, 0.6) is 0 Å². The Bertz CT molecular complexity index is 521. The fourth-order valence-corrected chi connectivity index (χ4v) is 14.1. The minimum absolute atomic E-state index is 0.0410. The molecule has 0 fully saturated rings. The lowest BCUT2D eigenvalue weighted by Gasteiger charge is -2.53. The maximum absolute atomic E-state index is 7.09. The SMILES string of the molecule is CCC(O[SiH](C)C(C)(C)O[Si](C)(C)C)C(C)(CC)[Si](C)(C)OC(C)(C)[Si](C)(C)C. The third-order valence-electron chi connectivity index (χ3n) is 7.42. The van der Waals surface area contributed by atoms with Crippen LogP contribution in [-0.2, 0) is 13.3 Å². The molecule has 29 heavy (non-hydrogen) atoms. The molecule has 0 N–H and O–H groups in total. The highest BCUT2D eigenvalue weighted by Gasteiger charge is 2.53. The van der Waals surface area contributed by atoms with E-state index in [-0.39, 0.29) is 21.6 Å². The molecule has 0 aliphatic rings. The molecular formula is C22H54O3Si4. The van der Waals surface area contributed by atoms with Crippen LogP contribution in [0.4, 0.5) is 0 Å². The smallest absolute Gasteiger partial charge is 0.204 e. The molecule has 176 valence electrons. The molecule has 0 rings (SSSR count). The van der Waals surface area contributed by atoms with E-state index in [1.807, 2.05) is 0 Å². The third kappa shape index (κ3) is 7.68. The average Bonchev–Trinajstić information content (AvgIpc) is 2.46. The Kier molecular flexibility index (Phi) is 9.96. The zero-order valence-corrected chi connectivity index (χ0v) is 26.9. The maximum Gasteiger partial charge on any atom is 0.204 e. The molecule has 0 heterocycles. The predicted molar refractivity (Wildman–Crippen MR) is 141 cm³/mol. The normalized spacial score (nSPS) is 19.0. The standard InChI is InChI=1S/C22H54O3Si4/c1-17-19(23-26(8)20(3,4)24-28(12,13)14)22(7,18-2)29(15,16)25-21(5,6)27(9,10)11/h19,26H,17-18H2,1-16H3. The van der Waals surface area contributed by atoms with Crippen LogP contribution in [0.25, 0.3) is 0 Å². The largest absolute Gasteiger partial charge is 0.415 e. The van der Waals surface area contributed by atoms with Gasteiger partial charge in [-0.15, -0.1) is 0 Å². The summed E-state index contributed by atoms with van der Waals surface area (Å²) in [5.41, 5.74) is 0. The van der Waals surface area contributed by atoms with Gasteiger partial charge in [0.25, 0.3) is 0 Å². The molecule has 0 bridgehead atoms. The van der Waals surface area contributed by atoms with Crippen LogP contribution in [-0.4, -0.2) is 50.3 Å². The van der Waals surface area contributed by atoms with Crippen molar-refractivity contribution in [2.75, 3.05) is 0 Å². The quantitative estimate of drug-likeness (QED) is 0.274. The molecule has 0 aliphatic heterocycles. The molecule has 7 heteroatoms. The molecule has 0 radical (unpaired) electrons. The summed E-state index contributed by atoms with van der Waals surface area (Å²) >= 11 is 0. The first-order chi connectivity index (χ1) is 12.6. The van der Waals surface area contributed by atoms with E-state index >= 15 is 0 Å². The van der Waals surface area contributed by atoms with Crippen LogP contribution in [0, 0.1) is 0 Å². The molecule has 0 amide bonds. The van der Waals surface area contributed by atoms with Crippen molar-refractivity contribution in [1.29, 1.82) is 0 Å². The van der Waals surface area contributed by atoms with Gasteiger partial charge in [0.15, 0.2) is 16.6 Å². The van der Waals surface area contributed by atoms with Gasteiger partial charge in [0.1, 0.15) is 0 Å². The molecule has 3 nitrogen and oxygen atoms in total. The second-order valence-corrected chi connectivity index (χ2v) is 30.1. The van der Waals surface area contributed by atoms with Gasteiger partial charge in [0.2, 0.25) is 9.04 Å². The van der Waals surface area contributed by atoms with E-state index in [9.17, 15) is 0 Å². The highest BCUT2D eigenvalue weighted by atomic mass is 28.4. The van der Waals surface area contributed by atoms with Crippen molar-refractivity contribution in [3.8, 4) is 0 Å². The lowest BCUT2D eigenvalue weighted by molar-refractivity contribution is 0.0767. The Morgan fingerprint density at radius 3 is 1.55 bits per heavy atom. The van der Waals surface area contributed by atoms with Gasteiger partial charge >= 0.3 is 0 Å². The third-order valence-corrected chi connectivity index (χ3v) is 20.0. The summed E-state index contributed by atoms with van der Waals surface area (Å²) in [7, 11) is -6.70. The fourth-order valence-electron chi connectivity index (χ4n) is 3.93. The summed E-state index contributed by atoms with van der Waals surface area (Å²) < 4.78 is 20.6. The molecule has 0 saturated carbocycles. The monoisotopic (exact) mass is 478 g/mol. The summed E-state index contributed by atoms with van der Waals surface area (Å²) in [6.07, 6.45) is 2.33. The Morgan fingerprint density at radius 1 is 0.793 bits per heavy atom. The van der Waals surface area contributed by atoms with Crippen molar-refractivity contribution in [1.82, 2.24) is 0 Å². The molecule has 0 spiro atoms. The first-order valence-corrected chi connectivity index (χ1v) is 23.6. The minimum atomic E-state index is -2.06. The van der Waals surface area contributed by atoms with Gasteiger partial charge in [-0.2, -0.15) is 0 Å². The molecule has 3 unspecified atom stereocenters. The van der Waals surface area contributed by atoms with Crippen molar-refractivity contribution < 1.29 is 13.3 Å². The molecule has 3 atom stereocenters. The van der Waals surface area contributed by atoms with E-state index in [0.29, 0.717) is 0 Å². The van der Waals surface area contributed by atoms with Gasteiger partial charge in [0.05, 0.1) is 13.3 Å². The number of hydrogen-bond acceptors (Lipinski definition) is 3. The number of rotatable bonds is 12. The second-order valence-electron chi connectivity index (χ2n) is 12.6. The molecule has 0 aromatic heterocycles. The van der Waals surface area contributed by atoms with Crippen LogP contribution in [0.15, 0.2) is 0 Å². The van der Waals surface area contributed by atoms with E-state index in [4.69, 9.17) is 13.3 Å². The summed E-state index contributed by atoms with van der Waals surface area (Å²) in [5.74, 6) is 0.